The number of allylic oxidation sites excluding steroid dienone is 22. The van der Waals surface area contributed by atoms with Gasteiger partial charge in [0.15, 0.2) is 6.10 Å². The molecule has 412 valence electrons. The van der Waals surface area contributed by atoms with Crippen LogP contribution < -0.4 is 0 Å². The van der Waals surface area contributed by atoms with Gasteiger partial charge >= 0.3 is 17.9 Å². The van der Waals surface area contributed by atoms with Crippen molar-refractivity contribution in [1.82, 2.24) is 0 Å². The van der Waals surface area contributed by atoms with E-state index in [9.17, 15) is 14.4 Å². The lowest BCUT2D eigenvalue weighted by Crippen LogP contribution is -2.30. The summed E-state index contributed by atoms with van der Waals surface area (Å²) in [5, 5.41) is 0. The summed E-state index contributed by atoms with van der Waals surface area (Å²) in [5.74, 6) is -0.945. The molecule has 1 unspecified atom stereocenters. The van der Waals surface area contributed by atoms with Crippen molar-refractivity contribution in [3.63, 3.8) is 0 Å². The minimum atomic E-state index is -0.803. The smallest absolute Gasteiger partial charge is 0.306 e. The average Bonchev–Trinajstić information content (AvgIpc) is 3.39. The summed E-state index contributed by atoms with van der Waals surface area (Å²) in [6, 6.07) is 0. The van der Waals surface area contributed by atoms with Crippen molar-refractivity contribution >= 4 is 17.9 Å². The molecular weight excluding hydrogens is 901 g/mol. The lowest BCUT2D eigenvalue weighted by Gasteiger charge is -2.18. The van der Waals surface area contributed by atoms with Gasteiger partial charge in [-0.25, -0.2) is 0 Å². The molecule has 0 heterocycles. The maximum atomic E-state index is 12.9. The second-order valence-corrected chi connectivity index (χ2v) is 19.1. The SMILES string of the molecule is CC/C=C\C/C=C\C/C=C\C/C=C\C/C=C\C/C=C\CCCCCCC(=O)OCC(COC(=O)CCCCCCCCCCCCC)OC(=O)CCCCCCC/C=C\C/C=C\C/C=C\C/C=C\C/C=C\CC. The van der Waals surface area contributed by atoms with Crippen LogP contribution >= 0.6 is 0 Å². The first kappa shape index (κ1) is 68.6. The molecule has 73 heavy (non-hydrogen) atoms. The van der Waals surface area contributed by atoms with E-state index in [2.05, 4.69) is 154 Å². The van der Waals surface area contributed by atoms with Gasteiger partial charge < -0.3 is 14.2 Å². The molecule has 0 spiro atoms. The van der Waals surface area contributed by atoms with Gasteiger partial charge in [0.05, 0.1) is 0 Å². The third-order valence-corrected chi connectivity index (χ3v) is 12.2. The van der Waals surface area contributed by atoms with Crippen molar-refractivity contribution in [1.29, 1.82) is 0 Å². The fraction of sp³-hybridized carbons (Fsp3) is 0.627. The highest BCUT2D eigenvalue weighted by molar-refractivity contribution is 5.71. The Kier molecular flexibility index (Phi) is 56.4. The number of unbranched alkanes of at least 4 members (excludes halogenated alkanes) is 19. The van der Waals surface area contributed by atoms with Crippen LogP contribution in [0.4, 0.5) is 0 Å². The van der Waals surface area contributed by atoms with Crippen LogP contribution in [0.15, 0.2) is 134 Å². The lowest BCUT2D eigenvalue weighted by molar-refractivity contribution is -0.167. The third-order valence-electron chi connectivity index (χ3n) is 12.2. The first-order valence-electron chi connectivity index (χ1n) is 29.7. The van der Waals surface area contributed by atoms with Crippen molar-refractivity contribution in [3.8, 4) is 0 Å². The zero-order chi connectivity index (χ0) is 52.9. The topological polar surface area (TPSA) is 78.9 Å². The second-order valence-electron chi connectivity index (χ2n) is 19.1. The highest BCUT2D eigenvalue weighted by Gasteiger charge is 2.19. The van der Waals surface area contributed by atoms with E-state index in [1.165, 1.54) is 51.4 Å². The predicted octanol–water partition coefficient (Wildman–Crippen LogP) is 20.2. The fourth-order valence-electron chi connectivity index (χ4n) is 7.77. The van der Waals surface area contributed by atoms with Crippen molar-refractivity contribution in [2.24, 2.45) is 0 Å². The molecule has 0 radical (unpaired) electrons. The molecule has 0 bridgehead atoms. The maximum Gasteiger partial charge on any atom is 0.306 e. The molecule has 0 rings (SSSR count). The Hall–Kier alpha value is -4.45. The zero-order valence-corrected chi connectivity index (χ0v) is 47.1. The summed E-state index contributed by atoms with van der Waals surface area (Å²) in [6.07, 6.45) is 84.4. The Morgan fingerprint density at radius 1 is 0.288 bits per heavy atom. The van der Waals surface area contributed by atoms with Crippen LogP contribution in [-0.4, -0.2) is 37.2 Å². The summed E-state index contributed by atoms with van der Waals surface area (Å²) in [6.45, 7) is 6.36. The Balaban J connectivity index is 4.44. The molecule has 0 aliphatic rings. The molecule has 0 N–H and O–H groups in total. The molecule has 0 aliphatic heterocycles. The second kappa shape index (κ2) is 60.1. The van der Waals surface area contributed by atoms with Gasteiger partial charge in [-0.2, -0.15) is 0 Å². The Morgan fingerprint density at radius 3 is 0.836 bits per heavy atom. The van der Waals surface area contributed by atoms with Gasteiger partial charge in [0.25, 0.3) is 0 Å². The van der Waals surface area contributed by atoms with Gasteiger partial charge in [-0.15, -0.1) is 0 Å². The first-order valence-corrected chi connectivity index (χ1v) is 29.7. The molecule has 0 amide bonds. The number of ether oxygens (including phenoxy) is 3. The van der Waals surface area contributed by atoms with Crippen LogP contribution in [0.25, 0.3) is 0 Å². The predicted molar refractivity (Wildman–Crippen MR) is 316 cm³/mol. The Labute approximate surface area is 449 Å². The largest absolute Gasteiger partial charge is 0.462 e. The van der Waals surface area contributed by atoms with E-state index in [0.717, 1.165) is 161 Å². The molecule has 0 aliphatic carbocycles. The van der Waals surface area contributed by atoms with Crippen molar-refractivity contribution in [2.45, 2.75) is 258 Å². The monoisotopic (exact) mass is 1010 g/mol. The van der Waals surface area contributed by atoms with Gasteiger partial charge in [0.2, 0.25) is 0 Å². The van der Waals surface area contributed by atoms with Crippen LogP contribution in [0, 0.1) is 0 Å². The maximum absolute atomic E-state index is 12.9. The summed E-state index contributed by atoms with van der Waals surface area (Å²) < 4.78 is 16.8. The van der Waals surface area contributed by atoms with E-state index in [0.29, 0.717) is 19.3 Å². The van der Waals surface area contributed by atoms with Crippen LogP contribution in [0.5, 0.6) is 0 Å². The molecule has 0 fully saturated rings. The van der Waals surface area contributed by atoms with Gasteiger partial charge in [0.1, 0.15) is 13.2 Å². The van der Waals surface area contributed by atoms with Crippen LogP contribution in [0.1, 0.15) is 252 Å². The highest BCUT2D eigenvalue weighted by atomic mass is 16.6. The van der Waals surface area contributed by atoms with E-state index in [4.69, 9.17) is 14.2 Å². The van der Waals surface area contributed by atoms with Gasteiger partial charge in [0, 0.05) is 19.3 Å². The average molecular weight is 1010 g/mol. The standard InChI is InChI=1S/C67H108O6/c1-4-7-10-13-16-19-22-24-26-28-30-32-33-35-36-38-40-42-45-48-51-54-57-60-66(69)72-63-64(62-71-65(68)59-56-53-50-47-44-21-18-15-12-9-6-3)73-67(70)61-58-55-52-49-46-43-41-39-37-34-31-29-27-25-23-20-17-14-11-8-5-2/h7-8,10-11,16-17,19-20,24-27,30-32,34-36,39-42,64H,4-6,9,12-15,18,21-23,28-29,33,37-38,43-63H2,1-3H3/b10-7-,11-8-,19-16-,20-17-,26-24-,27-25-,32-30-,34-31-,36-35-,41-39-,42-40-. The first-order chi connectivity index (χ1) is 36.0. The number of carbonyl (C=O) groups is 3. The molecule has 0 aromatic rings. The van der Waals surface area contributed by atoms with Crippen molar-refractivity contribution in [3.05, 3.63) is 134 Å². The zero-order valence-electron chi connectivity index (χ0n) is 47.1. The minimum Gasteiger partial charge on any atom is -0.462 e. The lowest BCUT2D eigenvalue weighted by atomic mass is 10.1. The summed E-state index contributed by atoms with van der Waals surface area (Å²) in [7, 11) is 0. The molecule has 0 saturated heterocycles. The van der Waals surface area contributed by atoms with E-state index in [-0.39, 0.29) is 31.1 Å². The number of hydrogen-bond donors (Lipinski definition) is 0. The quantitative estimate of drug-likeness (QED) is 0.0261. The normalized spacial score (nSPS) is 13.1. The highest BCUT2D eigenvalue weighted by Crippen LogP contribution is 2.14. The van der Waals surface area contributed by atoms with Crippen molar-refractivity contribution < 1.29 is 28.6 Å². The molecule has 6 nitrogen and oxygen atoms in total. The van der Waals surface area contributed by atoms with E-state index >= 15 is 0 Å². The number of carbonyl (C=O) groups excluding carboxylic acids is 3. The van der Waals surface area contributed by atoms with Gasteiger partial charge in [-0.05, 0) is 116 Å². The van der Waals surface area contributed by atoms with Crippen LogP contribution in [0.3, 0.4) is 0 Å². The molecule has 0 aromatic carbocycles. The summed E-state index contributed by atoms with van der Waals surface area (Å²) >= 11 is 0. The number of esters is 3. The Bertz CT molecular complexity index is 1580. The molecule has 0 saturated carbocycles. The van der Waals surface area contributed by atoms with Crippen LogP contribution in [0.2, 0.25) is 0 Å². The number of hydrogen-bond acceptors (Lipinski definition) is 6. The van der Waals surface area contributed by atoms with E-state index in [1.54, 1.807) is 0 Å². The van der Waals surface area contributed by atoms with Gasteiger partial charge in [-0.1, -0.05) is 251 Å². The molecule has 6 heteroatoms. The third kappa shape index (κ3) is 58.3. The van der Waals surface area contributed by atoms with Crippen molar-refractivity contribution in [2.75, 3.05) is 13.2 Å². The number of rotatable bonds is 52. The van der Waals surface area contributed by atoms with E-state index in [1.807, 2.05) is 0 Å². The van der Waals surface area contributed by atoms with Crippen LogP contribution in [-0.2, 0) is 28.6 Å². The minimum absolute atomic E-state index is 0.0969. The Morgan fingerprint density at radius 2 is 0.534 bits per heavy atom. The molecular formula is C67H108O6. The summed E-state index contributed by atoms with van der Waals surface area (Å²) in [4.78, 5) is 38.2. The molecule has 0 aromatic heterocycles. The molecule has 1 atom stereocenters. The van der Waals surface area contributed by atoms with E-state index < -0.39 is 6.10 Å². The summed E-state index contributed by atoms with van der Waals surface area (Å²) in [5.41, 5.74) is 0. The fourth-order valence-corrected chi connectivity index (χ4v) is 7.77. The van der Waals surface area contributed by atoms with Gasteiger partial charge in [-0.3, -0.25) is 14.4 Å².